The van der Waals surface area contributed by atoms with Gasteiger partial charge in [-0.05, 0) is 43.2 Å². The molecule has 0 saturated heterocycles. The first kappa shape index (κ1) is 22.7. The van der Waals surface area contributed by atoms with E-state index < -0.39 is 5.54 Å². The number of para-hydroxylation sites is 1. The lowest BCUT2D eigenvalue weighted by atomic mass is 9.83. The van der Waals surface area contributed by atoms with E-state index in [9.17, 15) is 10.1 Å². The third-order valence-electron chi connectivity index (χ3n) is 5.45. The summed E-state index contributed by atoms with van der Waals surface area (Å²) in [4.78, 5) is 12.7. The van der Waals surface area contributed by atoms with Gasteiger partial charge in [-0.25, -0.2) is 0 Å². The average molecular weight is 486 g/mol. The molecule has 1 fully saturated rings. The maximum Gasteiger partial charge on any atom is 0.231 e. The summed E-state index contributed by atoms with van der Waals surface area (Å²) in [6.07, 6.45) is 4.39. The van der Waals surface area contributed by atoms with Crippen molar-refractivity contribution in [1.82, 2.24) is 20.1 Å². The topological polar surface area (TPSA) is 83.6 Å². The second-order valence-corrected chi connectivity index (χ2v) is 9.48. The lowest BCUT2D eigenvalue weighted by Crippen LogP contribution is -2.49. The summed E-state index contributed by atoms with van der Waals surface area (Å²) in [6.45, 7) is 0. The van der Waals surface area contributed by atoms with Crippen LogP contribution in [0.4, 0.5) is 0 Å². The van der Waals surface area contributed by atoms with Gasteiger partial charge in [0.2, 0.25) is 5.91 Å². The van der Waals surface area contributed by atoms with E-state index in [1.807, 2.05) is 34.9 Å². The highest BCUT2D eigenvalue weighted by atomic mass is 35.5. The van der Waals surface area contributed by atoms with Crippen molar-refractivity contribution < 1.29 is 4.79 Å². The summed E-state index contributed by atoms with van der Waals surface area (Å²) < 4.78 is 1.87. The number of aromatic nitrogens is 3. The number of hydrogen-bond donors (Lipinski definition) is 1. The third-order valence-corrected chi connectivity index (χ3v) is 6.93. The van der Waals surface area contributed by atoms with Crippen LogP contribution < -0.4 is 5.32 Å². The van der Waals surface area contributed by atoms with Crippen molar-refractivity contribution in [3.63, 3.8) is 0 Å². The molecule has 1 aliphatic carbocycles. The Bertz CT molecular complexity index is 1150. The number of halogens is 2. The normalized spacial score (nSPS) is 15.2. The number of rotatable bonds is 6. The molecule has 1 N–H and O–H groups in total. The first-order valence-corrected chi connectivity index (χ1v) is 12.1. The van der Waals surface area contributed by atoms with Crippen molar-refractivity contribution in [2.24, 2.45) is 0 Å². The zero-order chi connectivity index (χ0) is 22.6. The highest BCUT2D eigenvalue weighted by Crippen LogP contribution is 2.34. The van der Waals surface area contributed by atoms with Crippen LogP contribution >= 0.6 is 35.0 Å². The molecule has 0 aliphatic heterocycles. The smallest absolute Gasteiger partial charge is 0.231 e. The van der Waals surface area contributed by atoms with E-state index in [2.05, 4.69) is 21.6 Å². The summed E-state index contributed by atoms with van der Waals surface area (Å²) in [5.74, 6) is 0.497. The predicted molar refractivity (Wildman–Crippen MR) is 127 cm³/mol. The van der Waals surface area contributed by atoms with Crippen molar-refractivity contribution in [3.05, 3.63) is 58.6 Å². The number of carbonyl (C=O) groups is 1. The van der Waals surface area contributed by atoms with Crippen LogP contribution in [-0.4, -0.2) is 32.0 Å². The van der Waals surface area contributed by atoms with Crippen LogP contribution in [0, 0.1) is 11.3 Å². The highest BCUT2D eigenvalue weighted by Gasteiger charge is 2.33. The maximum absolute atomic E-state index is 12.7. The molecule has 6 nitrogen and oxygen atoms in total. The molecule has 0 bridgehead atoms. The van der Waals surface area contributed by atoms with Gasteiger partial charge in [-0.15, -0.1) is 10.2 Å². The van der Waals surface area contributed by atoms with Gasteiger partial charge >= 0.3 is 0 Å². The molecule has 9 heteroatoms. The van der Waals surface area contributed by atoms with E-state index in [0.29, 0.717) is 39.4 Å². The SMILES string of the molecule is N#CC1(NC(=O)CSc2nnc(-c3ccc(Cl)cc3Cl)n2-c2ccccc2)CCCCC1. The van der Waals surface area contributed by atoms with Crippen molar-refractivity contribution >= 4 is 40.9 Å². The van der Waals surface area contributed by atoms with Crippen molar-refractivity contribution in [2.75, 3.05) is 5.75 Å². The van der Waals surface area contributed by atoms with Gasteiger partial charge in [0.1, 0.15) is 5.54 Å². The fourth-order valence-electron chi connectivity index (χ4n) is 3.87. The van der Waals surface area contributed by atoms with Crippen LogP contribution in [-0.2, 0) is 4.79 Å². The molecule has 1 aliphatic rings. The Labute approximate surface area is 200 Å². The summed E-state index contributed by atoms with van der Waals surface area (Å²) in [5, 5.41) is 22.8. The van der Waals surface area contributed by atoms with Crippen LogP contribution in [0.5, 0.6) is 0 Å². The van der Waals surface area contributed by atoms with Crippen LogP contribution in [0.25, 0.3) is 17.1 Å². The first-order valence-electron chi connectivity index (χ1n) is 10.3. The molecule has 1 heterocycles. The van der Waals surface area contributed by atoms with Crippen LogP contribution in [0.3, 0.4) is 0 Å². The summed E-state index contributed by atoms with van der Waals surface area (Å²) in [7, 11) is 0. The highest BCUT2D eigenvalue weighted by molar-refractivity contribution is 7.99. The third kappa shape index (κ3) is 4.93. The van der Waals surface area contributed by atoms with Gasteiger partial charge in [-0.1, -0.05) is 72.4 Å². The van der Waals surface area contributed by atoms with Gasteiger partial charge in [0.05, 0.1) is 16.8 Å². The van der Waals surface area contributed by atoms with Gasteiger partial charge in [0, 0.05) is 16.3 Å². The molecule has 2 aromatic carbocycles. The average Bonchev–Trinajstić information content (AvgIpc) is 3.22. The summed E-state index contributed by atoms with van der Waals surface area (Å²) in [5.41, 5.74) is 0.780. The van der Waals surface area contributed by atoms with Crippen LogP contribution in [0.2, 0.25) is 10.0 Å². The minimum atomic E-state index is -0.759. The van der Waals surface area contributed by atoms with E-state index >= 15 is 0 Å². The van der Waals surface area contributed by atoms with Gasteiger partial charge in [0.25, 0.3) is 0 Å². The summed E-state index contributed by atoms with van der Waals surface area (Å²) in [6, 6.07) is 17.2. The van der Waals surface area contributed by atoms with Crippen molar-refractivity contribution in [3.8, 4) is 23.1 Å². The number of nitriles is 1. The second kappa shape index (κ2) is 9.95. The quantitative estimate of drug-likeness (QED) is 0.454. The molecule has 4 rings (SSSR count). The van der Waals surface area contributed by atoms with Crippen molar-refractivity contribution in [2.45, 2.75) is 42.8 Å². The molecule has 0 unspecified atom stereocenters. The number of carbonyl (C=O) groups excluding carboxylic acids is 1. The standard InChI is InChI=1S/C23H21Cl2N5OS/c24-16-9-10-18(19(25)13-16)21-28-29-22(30(21)17-7-3-1-4-8-17)32-14-20(31)27-23(15-26)11-5-2-6-12-23/h1,3-4,7-10,13H,2,5-6,11-12,14H2,(H,27,31). The fraction of sp³-hybridized carbons (Fsp3) is 0.304. The molecular formula is C23H21Cl2N5OS. The van der Waals surface area contributed by atoms with Crippen molar-refractivity contribution in [1.29, 1.82) is 5.26 Å². The largest absolute Gasteiger partial charge is 0.337 e. The Morgan fingerprint density at radius 3 is 2.56 bits per heavy atom. The van der Waals surface area contributed by atoms with Gasteiger partial charge in [0.15, 0.2) is 11.0 Å². The molecule has 3 aromatic rings. The maximum atomic E-state index is 12.7. The Kier molecular flexibility index (Phi) is 7.04. The zero-order valence-corrected chi connectivity index (χ0v) is 19.6. The molecule has 0 atom stereocenters. The zero-order valence-electron chi connectivity index (χ0n) is 17.2. The molecule has 1 aromatic heterocycles. The minimum absolute atomic E-state index is 0.128. The van der Waals surface area contributed by atoms with Gasteiger partial charge in [-0.3, -0.25) is 9.36 Å². The lowest BCUT2D eigenvalue weighted by Gasteiger charge is -2.31. The number of benzene rings is 2. The van der Waals surface area contributed by atoms with Gasteiger partial charge < -0.3 is 5.32 Å². The number of thioether (sulfide) groups is 1. The molecule has 0 radical (unpaired) electrons. The Morgan fingerprint density at radius 2 is 1.88 bits per heavy atom. The predicted octanol–water partition coefficient (Wildman–Crippen LogP) is 5.68. The number of nitrogens with one attached hydrogen (secondary N) is 1. The lowest BCUT2D eigenvalue weighted by molar-refractivity contribution is -0.120. The van der Waals surface area contributed by atoms with E-state index in [-0.39, 0.29) is 11.7 Å². The Balaban J connectivity index is 1.60. The van der Waals surface area contributed by atoms with E-state index in [4.69, 9.17) is 23.2 Å². The molecule has 1 amide bonds. The van der Waals surface area contributed by atoms with Gasteiger partial charge in [-0.2, -0.15) is 5.26 Å². The minimum Gasteiger partial charge on any atom is -0.337 e. The number of amides is 1. The fourth-order valence-corrected chi connectivity index (χ4v) is 5.12. The van der Waals surface area contributed by atoms with Crippen LogP contribution in [0.15, 0.2) is 53.7 Å². The Morgan fingerprint density at radius 1 is 1.12 bits per heavy atom. The molecule has 32 heavy (non-hydrogen) atoms. The monoisotopic (exact) mass is 485 g/mol. The molecular weight excluding hydrogens is 465 g/mol. The molecule has 0 spiro atoms. The Hall–Kier alpha value is -2.53. The molecule has 1 saturated carbocycles. The first-order chi connectivity index (χ1) is 15.5. The van der Waals surface area contributed by atoms with Crippen LogP contribution in [0.1, 0.15) is 32.1 Å². The number of nitrogens with zero attached hydrogens (tertiary/aromatic N) is 4. The summed E-state index contributed by atoms with van der Waals surface area (Å²) >= 11 is 13.8. The second-order valence-electron chi connectivity index (χ2n) is 7.69. The number of hydrogen-bond acceptors (Lipinski definition) is 5. The molecule has 164 valence electrons. The van der Waals surface area contributed by atoms with E-state index in [1.165, 1.54) is 11.8 Å². The van der Waals surface area contributed by atoms with E-state index in [0.717, 1.165) is 24.9 Å². The van der Waals surface area contributed by atoms with E-state index in [1.54, 1.807) is 18.2 Å².